The highest BCUT2D eigenvalue weighted by Crippen LogP contribution is 2.20. The van der Waals surface area contributed by atoms with Gasteiger partial charge in [-0.25, -0.2) is 4.98 Å². The van der Waals surface area contributed by atoms with Crippen molar-refractivity contribution in [3.05, 3.63) is 53.0 Å². The first-order valence-corrected chi connectivity index (χ1v) is 6.73. The molecule has 0 aliphatic carbocycles. The van der Waals surface area contributed by atoms with Gasteiger partial charge in [-0.15, -0.1) is 0 Å². The van der Waals surface area contributed by atoms with E-state index in [0.29, 0.717) is 34.0 Å². The van der Waals surface area contributed by atoms with E-state index in [1.165, 1.54) is 12.4 Å². The van der Waals surface area contributed by atoms with Gasteiger partial charge in [0.25, 0.3) is 0 Å². The highest BCUT2D eigenvalue weighted by molar-refractivity contribution is 6.14. The van der Waals surface area contributed by atoms with Gasteiger partial charge in [0.15, 0.2) is 0 Å². The Morgan fingerprint density at radius 2 is 1.95 bits per heavy atom. The molecular formula is C16H18N6. The summed E-state index contributed by atoms with van der Waals surface area (Å²) in [5, 5.41) is 15.7. The summed E-state index contributed by atoms with van der Waals surface area (Å²) >= 11 is 0. The van der Waals surface area contributed by atoms with Crippen molar-refractivity contribution in [2.24, 2.45) is 0 Å². The molecule has 6 N–H and O–H groups in total. The van der Waals surface area contributed by atoms with Crippen LogP contribution < -0.4 is 11.5 Å². The Balaban J connectivity index is 2.51. The van der Waals surface area contributed by atoms with Gasteiger partial charge in [0.1, 0.15) is 5.82 Å². The Morgan fingerprint density at radius 1 is 1.23 bits per heavy atom. The molecule has 2 rings (SSSR count). The second-order valence-electron chi connectivity index (χ2n) is 4.82. The molecule has 22 heavy (non-hydrogen) atoms. The summed E-state index contributed by atoms with van der Waals surface area (Å²) in [6.07, 6.45) is 4.48. The zero-order valence-electron chi connectivity index (χ0n) is 12.5. The number of rotatable bonds is 4. The lowest BCUT2D eigenvalue weighted by molar-refractivity contribution is 1.23. The van der Waals surface area contributed by atoms with Crippen molar-refractivity contribution < 1.29 is 0 Å². The van der Waals surface area contributed by atoms with Crippen LogP contribution in [0.1, 0.15) is 29.4 Å². The van der Waals surface area contributed by atoms with Crippen molar-refractivity contribution in [3.63, 3.8) is 0 Å². The summed E-state index contributed by atoms with van der Waals surface area (Å²) in [5.41, 5.74) is 15.4. The summed E-state index contributed by atoms with van der Waals surface area (Å²) in [5.74, 6) is 0.392. The van der Waals surface area contributed by atoms with Crippen LogP contribution >= 0.6 is 0 Å². The van der Waals surface area contributed by atoms with Crippen LogP contribution in [-0.2, 0) is 0 Å². The van der Waals surface area contributed by atoms with E-state index in [0.717, 1.165) is 5.56 Å². The third-order valence-corrected chi connectivity index (χ3v) is 3.36. The van der Waals surface area contributed by atoms with E-state index in [1.807, 2.05) is 19.9 Å². The largest absolute Gasteiger partial charge is 0.397 e. The fraction of sp³-hybridized carbons (Fsp3) is 0.125. The zero-order chi connectivity index (χ0) is 16.3. The number of nitrogens with one attached hydrogen (secondary N) is 2. The molecule has 0 unspecified atom stereocenters. The summed E-state index contributed by atoms with van der Waals surface area (Å²) in [4.78, 5) is 8.43. The van der Waals surface area contributed by atoms with E-state index in [2.05, 4.69) is 9.97 Å². The fourth-order valence-corrected chi connectivity index (χ4v) is 1.97. The zero-order valence-corrected chi connectivity index (χ0v) is 12.5. The molecule has 0 atom stereocenters. The Kier molecular flexibility index (Phi) is 4.31. The summed E-state index contributed by atoms with van der Waals surface area (Å²) in [7, 11) is 0. The lowest BCUT2D eigenvalue weighted by Crippen LogP contribution is -2.10. The molecular weight excluding hydrogens is 276 g/mol. The van der Waals surface area contributed by atoms with Gasteiger partial charge in [0.2, 0.25) is 0 Å². The van der Waals surface area contributed by atoms with Crippen molar-refractivity contribution in [1.82, 2.24) is 9.97 Å². The average Bonchev–Trinajstić information content (AvgIpc) is 2.52. The molecule has 2 aromatic rings. The first-order valence-electron chi connectivity index (χ1n) is 6.73. The molecule has 0 aromatic carbocycles. The van der Waals surface area contributed by atoms with E-state index in [4.69, 9.17) is 22.3 Å². The van der Waals surface area contributed by atoms with E-state index in [1.54, 1.807) is 18.2 Å². The van der Waals surface area contributed by atoms with E-state index < -0.39 is 0 Å². The first kappa shape index (κ1) is 15.4. The van der Waals surface area contributed by atoms with E-state index >= 15 is 0 Å². The minimum atomic E-state index is 0.174. The minimum Gasteiger partial charge on any atom is -0.397 e. The minimum absolute atomic E-state index is 0.174. The number of hydrogen-bond acceptors (Lipinski definition) is 6. The molecule has 0 saturated heterocycles. The predicted molar refractivity (Wildman–Crippen MR) is 90.4 cm³/mol. The lowest BCUT2D eigenvalue weighted by atomic mass is 10.0. The van der Waals surface area contributed by atoms with Crippen LogP contribution in [0, 0.1) is 17.7 Å². The molecule has 0 radical (unpaired) electrons. The molecule has 0 fully saturated rings. The van der Waals surface area contributed by atoms with Gasteiger partial charge in [-0.3, -0.25) is 10.4 Å². The highest BCUT2D eigenvalue weighted by Gasteiger charge is 2.13. The Hall–Kier alpha value is -3.02. The number of hydrogen-bond donors (Lipinski definition) is 4. The standard InChI is InChI=1S/C16H18N6/c1-3-10(7-17)14-6-11(12(18)8-21-14)15(19)13-5-4-9(2)16(20)22-13/h3-8,17,19H,18H2,1-2H3,(H2,20,22). The fourth-order valence-electron chi connectivity index (χ4n) is 1.97. The van der Waals surface area contributed by atoms with Crippen molar-refractivity contribution >= 4 is 29.0 Å². The number of aryl methyl sites for hydroxylation is 1. The van der Waals surface area contributed by atoms with Crippen molar-refractivity contribution in [1.29, 1.82) is 10.8 Å². The topological polar surface area (TPSA) is 126 Å². The number of pyridine rings is 2. The monoisotopic (exact) mass is 294 g/mol. The van der Waals surface area contributed by atoms with E-state index in [9.17, 15) is 0 Å². The predicted octanol–water partition coefficient (Wildman–Crippen LogP) is 2.42. The van der Waals surface area contributed by atoms with Crippen molar-refractivity contribution in [2.75, 3.05) is 11.5 Å². The molecule has 2 aromatic heterocycles. The van der Waals surface area contributed by atoms with Crippen LogP contribution in [0.25, 0.3) is 5.57 Å². The number of anilines is 2. The molecule has 112 valence electrons. The maximum atomic E-state index is 8.33. The van der Waals surface area contributed by atoms with Crippen LogP contribution in [0.15, 0.2) is 30.5 Å². The number of nitrogens with zero attached hydrogens (tertiary/aromatic N) is 2. The Morgan fingerprint density at radius 3 is 2.55 bits per heavy atom. The van der Waals surface area contributed by atoms with Gasteiger partial charge in [0.05, 0.1) is 29.0 Å². The molecule has 6 heteroatoms. The SMILES string of the molecule is CC=C(C=N)c1cc(C(=N)c2ccc(C)c(N)n2)c(N)cn1. The number of nitrogens with two attached hydrogens (primary N) is 2. The third kappa shape index (κ3) is 2.85. The maximum absolute atomic E-state index is 8.33. The third-order valence-electron chi connectivity index (χ3n) is 3.36. The van der Waals surface area contributed by atoms with Crippen molar-refractivity contribution in [2.45, 2.75) is 13.8 Å². The smallest absolute Gasteiger partial charge is 0.127 e. The van der Waals surface area contributed by atoms with Gasteiger partial charge in [-0.1, -0.05) is 12.1 Å². The molecule has 0 bridgehead atoms. The van der Waals surface area contributed by atoms with Gasteiger partial charge in [0, 0.05) is 17.4 Å². The summed E-state index contributed by atoms with van der Waals surface area (Å²) < 4.78 is 0. The van der Waals surface area contributed by atoms with Gasteiger partial charge >= 0.3 is 0 Å². The molecule has 0 saturated carbocycles. The van der Waals surface area contributed by atoms with Crippen LogP contribution in [0.3, 0.4) is 0 Å². The maximum Gasteiger partial charge on any atom is 0.127 e. The van der Waals surface area contributed by atoms with Crippen LogP contribution in [-0.4, -0.2) is 21.9 Å². The Bertz CT molecular complexity index is 776. The van der Waals surface area contributed by atoms with Crippen LogP contribution in [0.5, 0.6) is 0 Å². The quantitative estimate of drug-likeness (QED) is 0.646. The lowest BCUT2D eigenvalue weighted by Gasteiger charge is -2.10. The molecule has 0 spiro atoms. The molecule has 6 nitrogen and oxygen atoms in total. The van der Waals surface area contributed by atoms with Gasteiger partial charge in [-0.2, -0.15) is 0 Å². The number of allylic oxidation sites excluding steroid dienone is 2. The summed E-state index contributed by atoms with van der Waals surface area (Å²) in [6.45, 7) is 3.68. The van der Waals surface area contributed by atoms with Gasteiger partial charge in [-0.05, 0) is 31.5 Å². The van der Waals surface area contributed by atoms with Crippen LogP contribution in [0.4, 0.5) is 11.5 Å². The molecule has 0 aliphatic heterocycles. The second-order valence-corrected chi connectivity index (χ2v) is 4.82. The van der Waals surface area contributed by atoms with Gasteiger partial charge < -0.3 is 16.9 Å². The van der Waals surface area contributed by atoms with Crippen LogP contribution in [0.2, 0.25) is 0 Å². The molecule has 2 heterocycles. The number of nitrogen functional groups attached to an aromatic ring is 2. The first-order chi connectivity index (χ1) is 10.5. The highest BCUT2D eigenvalue weighted by atomic mass is 14.9. The van der Waals surface area contributed by atoms with Crippen molar-refractivity contribution in [3.8, 4) is 0 Å². The van der Waals surface area contributed by atoms with E-state index in [-0.39, 0.29) is 5.71 Å². The average molecular weight is 294 g/mol. The second kappa shape index (κ2) is 6.17. The normalized spacial score (nSPS) is 11.3. The molecule has 0 aliphatic rings. The Labute approximate surface area is 128 Å². The summed E-state index contributed by atoms with van der Waals surface area (Å²) in [6, 6.07) is 5.25. The number of aromatic nitrogens is 2. The molecule has 0 amide bonds.